The molecule has 0 unspecified atom stereocenters. The molecule has 0 aromatic heterocycles. The van der Waals surface area contributed by atoms with Crippen LogP contribution in [0.4, 0.5) is 0 Å². The van der Waals surface area contributed by atoms with Crippen LogP contribution in [0.2, 0.25) is 0 Å². The highest BCUT2D eigenvalue weighted by Crippen LogP contribution is 2.36. The second-order valence-corrected chi connectivity index (χ2v) is 5.60. The number of nitrogens with zero attached hydrogens (tertiary/aromatic N) is 2. The van der Waals surface area contributed by atoms with Crippen LogP contribution in [-0.2, 0) is 11.4 Å². The molecule has 0 fully saturated rings. The lowest BCUT2D eigenvalue weighted by Crippen LogP contribution is -1.98. The van der Waals surface area contributed by atoms with Gasteiger partial charge in [0.2, 0.25) is 0 Å². The van der Waals surface area contributed by atoms with Gasteiger partial charge < -0.3 is 14.3 Å². The summed E-state index contributed by atoms with van der Waals surface area (Å²) < 4.78 is 11.6. The number of oxime groups is 1. The van der Waals surface area contributed by atoms with Crippen molar-refractivity contribution in [1.82, 2.24) is 0 Å². The lowest BCUT2D eigenvalue weighted by molar-refractivity contribution is 0.132. The van der Waals surface area contributed by atoms with Crippen LogP contribution in [0.15, 0.2) is 46.0 Å². The highest BCUT2D eigenvalue weighted by atomic mass is 79.9. The van der Waals surface area contributed by atoms with E-state index in [0.29, 0.717) is 23.7 Å². The average Bonchev–Trinajstić information content (AvgIpc) is 2.59. The van der Waals surface area contributed by atoms with Crippen molar-refractivity contribution in [2.75, 3.05) is 13.7 Å². The van der Waals surface area contributed by atoms with Crippen molar-refractivity contribution in [3.8, 4) is 17.6 Å². The Kier molecular flexibility index (Phi) is 6.64. The van der Waals surface area contributed by atoms with Crippen LogP contribution in [0.1, 0.15) is 23.6 Å². The number of nitriles is 1. The van der Waals surface area contributed by atoms with Gasteiger partial charge in [-0.2, -0.15) is 5.26 Å². The van der Waals surface area contributed by atoms with Gasteiger partial charge in [0, 0.05) is 11.1 Å². The topological polar surface area (TPSA) is 63.8 Å². The summed E-state index contributed by atoms with van der Waals surface area (Å²) in [4.78, 5) is 5.29. The van der Waals surface area contributed by atoms with Crippen LogP contribution in [0.5, 0.6) is 11.5 Å². The summed E-state index contributed by atoms with van der Waals surface area (Å²) in [5, 5.41) is 13.0. The third kappa shape index (κ3) is 4.49. The third-order valence-electron chi connectivity index (χ3n) is 3.17. The molecule has 0 aliphatic heterocycles. The van der Waals surface area contributed by atoms with Crippen LogP contribution in [0.3, 0.4) is 0 Å². The standard InChI is InChI=1S/C18H17BrN2O3/c1-3-23-17-9-13(8-16(19)18(17)22-2)11-21-24-12-15-7-5-4-6-14(15)10-20/h4-9,11H,3,12H2,1-2H3/b21-11-. The molecule has 0 aliphatic carbocycles. The minimum absolute atomic E-state index is 0.232. The monoisotopic (exact) mass is 388 g/mol. The van der Waals surface area contributed by atoms with Gasteiger partial charge in [-0.3, -0.25) is 0 Å². The summed E-state index contributed by atoms with van der Waals surface area (Å²) in [6, 6.07) is 13.1. The second kappa shape index (κ2) is 8.94. The van der Waals surface area contributed by atoms with Crippen molar-refractivity contribution in [3.05, 3.63) is 57.6 Å². The molecule has 0 spiro atoms. The smallest absolute Gasteiger partial charge is 0.174 e. The van der Waals surface area contributed by atoms with E-state index in [9.17, 15) is 0 Å². The zero-order valence-electron chi connectivity index (χ0n) is 13.5. The van der Waals surface area contributed by atoms with E-state index < -0.39 is 0 Å². The number of hydrogen-bond donors (Lipinski definition) is 0. The Balaban J connectivity index is 2.08. The fourth-order valence-electron chi connectivity index (χ4n) is 2.08. The van der Waals surface area contributed by atoms with E-state index in [0.717, 1.165) is 15.6 Å². The first kappa shape index (κ1) is 17.8. The molecular weight excluding hydrogens is 372 g/mol. The normalized spacial score (nSPS) is 10.4. The van der Waals surface area contributed by atoms with Crippen molar-refractivity contribution in [3.63, 3.8) is 0 Å². The van der Waals surface area contributed by atoms with Crippen molar-refractivity contribution < 1.29 is 14.3 Å². The van der Waals surface area contributed by atoms with Gasteiger partial charge in [0.05, 0.1) is 36.0 Å². The maximum absolute atomic E-state index is 9.04. The number of methoxy groups -OCH3 is 1. The van der Waals surface area contributed by atoms with Gasteiger partial charge in [0.15, 0.2) is 11.5 Å². The maximum Gasteiger partial charge on any atom is 0.174 e. The number of halogens is 1. The highest BCUT2D eigenvalue weighted by Gasteiger charge is 2.10. The summed E-state index contributed by atoms with van der Waals surface area (Å²) in [5.41, 5.74) is 2.18. The van der Waals surface area contributed by atoms with Crippen LogP contribution < -0.4 is 9.47 Å². The van der Waals surface area contributed by atoms with E-state index in [1.165, 1.54) is 0 Å². The summed E-state index contributed by atoms with van der Waals surface area (Å²) in [7, 11) is 1.59. The summed E-state index contributed by atoms with van der Waals surface area (Å²) >= 11 is 3.45. The molecule has 6 heteroatoms. The predicted octanol–water partition coefficient (Wildman–Crippen LogP) is 4.28. The maximum atomic E-state index is 9.04. The Morgan fingerprint density at radius 2 is 2.08 bits per heavy atom. The van der Waals surface area contributed by atoms with Crippen LogP contribution in [0.25, 0.3) is 0 Å². The van der Waals surface area contributed by atoms with E-state index in [2.05, 4.69) is 27.2 Å². The molecule has 0 heterocycles. The number of hydrogen-bond acceptors (Lipinski definition) is 5. The Labute approximate surface area is 149 Å². The molecule has 2 rings (SSSR count). The molecule has 0 amide bonds. The van der Waals surface area contributed by atoms with Crippen molar-refractivity contribution >= 4 is 22.1 Å². The van der Waals surface area contributed by atoms with Gasteiger partial charge >= 0.3 is 0 Å². The Hall–Kier alpha value is -2.52. The molecular formula is C18H17BrN2O3. The van der Waals surface area contributed by atoms with Gasteiger partial charge in [-0.15, -0.1) is 0 Å². The predicted molar refractivity (Wildman–Crippen MR) is 95.4 cm³/mol. The zero-order chi connectivity index (χ0) is 17.4. The number of rotatable bonds is 7. The van der Waals surface area contributed by atoms with Crippen molar-refractivity contribution in [1.29, 1.82) is 5.26 Å². The first-order valence-electron chi connectivity index (χ1n) is 7.33. The summed E-state index contributed by atoms with van der Waals surface area (Å²) in [6.45, 7) is 2.67. The highest BCUT2D eigenvalue weighted by molar-refractivity contribution is 9.10. The molecule has 0 N–H and O–H groups in total. The fourth-order valence-corrected chi connectivity index (χ4v) is 2.71. The Bertz CT molecular complexity index is 769. The third-order valence-corrected chi connectivity index (χ3v) is 3.76. The summed E-state index contributed by atoms with van der Waals surface area (Å²) in [5.74, 6) is 1.27. The SMILES string of the molecule is CCOc1cc(/C=N\OCc2ccccc2C#N)cc(Br)c1OC. The van der Waals surface area contributed by atoms with Gasteiger partial charge in [0.25, 0.3) is 0 Å². The molecule has 0 bridgehead atoms. The average molecular weight is 389 g/mol. The minimum Gasteiger partial charge on any atom is -0.492 e. The van der Waals surface area contributed by atoms with Gasteiger partial charge in [0.1, 0.15) is 6.61 Å². The van der Waals surface area contributed by atoms with E-state index in [4.69, 9.17) is 19.6 Å². The molecule has 2 aromatic carbocycles. The molecule has 124 valence electrons. The zero-order valence-corrected chi connectivity index (χ0v) is 15.0. The van der Waals surface area contributed by atoms with Crippen LogP contribution >= 0.6 is 15.9 Å². The van der Waals surface area contributed by atoms with E-state index in [-0.39, 0.29) is 6.61 Å². The van der Waals surface area contributed by atoms with E-state index in [1.807, 2.05) is 37.3 Å². The largest absolute Gasteiger partial charge is 0.492 e. The minimum atomic E-state index is 0.232. The number of ether oxygens (including phenoxy) is 2. The van der Waals surface area contributed by atoms with Gasteiger partial charge in [-0.25, -0.2) is 0 Å². The molecule has 0 saturated carbocycles. The second-order valence-electron chi connectivity index (χ2n) is 4.74. The van der Waals surface area contributed by atoms with Crippen molar-refractivity contribution in [2.45, 2.75) is 13.5 Å². The quantitative estimate of drug-likeness (QED) is 0.524. The molecule has 0 saturated heterocycles. The Morgan fingerprint density at radius 3 is 2.79 bits per heavy atom. The lowest BCUT2D eigenvalue weighted by Gasteiger charge is -2.11. The molecule has 0 aliphatic rings. The fraction of sp³-hybridized carbons (Fsp3) is 0.222. The number of benzene rings is 2. The van der Waals surface area contributed by atoms with Gasteiger partial charge in [-0.1, -0.05) is 23.4 Å². The lowest BCUT2D eigenvalue weighted by atomic mass is 10.1. The van der Waals surface area contributed by atoms with Gasteiger partial charge in [-0.05, 0) is 41.1 Å². The summed E-state index contributed by atoms with van der Waals surface area (Å²) in [6.07, 6.45) is 1.59. The molecule has 2 aromatic rings. The molecule has 5 nitrogen and oxygen atoms in total. The van der Waals surface area contributed by atoms with Crippen LogP contribution in [0, 0.1) is 11.3 Å². The van der Waals surface area contributed by atoms with E-state index in [1.54, 1.807) is 19.4 Å². The molecule has 0 atom stereocenters. The van der Waals surface area contributed by atoms with E-state index >= 15 is 0 Å². The first-order chi connectivity index (χ1) is 11.7. The van der Waals surface area contributed by atoms with Crippen LogP contribution in [-0.4, -0.2) is 19.9 Å². The molecule has 0 radical (unpaired) electrons. The first-order valence-corrected chi connectivity index (χ1v) is 8.12. The van der Waals surface area contributed by atoms with Crippen molar-refractivity contribution in [2.24, 2.45) is 5.16 Å². The Morgan fingerprint density at radius 1 is 1.29 bits per heavy atom. The molecule has 24 heavy (non-hydrogen) atoms.